The first-order chi connectivity index (χ1) is 14.5. The second-order valence-corrected chi connectivity index (χ2v) is 7.01. The fraction of sp³-hybridized carbons (Fsp3) is 0.0952. The van der Waals surface area contributed by atoms with Crippen molar-refractivity contribution in [3.63, 3.8) is 0 Å². The summed E-state index contributed by atoms with van der Waals surface area (Å²) in [5, 5.41) is 3.23. The normalized spacial score (nSPS) is 10.8. The van der Waals surface area contributed by atoms with Crippen LogP contribution in [0.15, 0.2) is 76.7 Å². The number of amides is 1. The molecule has 0 radical (unpaired) electrons. The highest BCUT2D eigenvalue weighted by Crippen LogP contribution is 2.16. The van der Waals surface area contributed by atoms with E-state index in [1.165, 1.54) is 4.57 Å². The van der Waals surface area contributed by atoms with Crippen molar-refractivity contribution in [2.24, 2.45) is 0 Å². The number of rotatable bonds is 5. The molecule has 1 aromatic heterocycles. The van der Waals surface area contributed by atoms with Crippen LogP contribution in [0.5, 0.6) is 0 Å². The van der Waals surface area contributed by atoms with Gasteiger partial charge in [0.05, 0.1) is 12.1 Å². The Morgan fingerprint density at radius 2 is 1.87 bits per heavy atom. The molecule has 0 spiro atoms. The monoisotopic (exact) mass is 421 g/mol. The van der Waals surface area contributed by atoms with E-state index in [2.05, 4.69) is 15.3 Å². The summed E-state index contributed by atoms with van der Waals surface area (Å²) >= 11 is 5.93. The number of pyridine rings is 2. The zero-order valence-corrected chi connectivity index (χ0v) is 16.4. The largest absolute Gasteiger partial charge is 0.352 e. The Labute approximate surface area is 175 Å². The second kappa shape index (κ2) is 8.30. The third kappa shape index (κ3) is 4.13. The molecule has 0 bridgehead atoms. The highest BCUT2D eigenvalue weighted by atomic mass is 35.5. The van der Waals surface area contributed by atoms with Gasteiger partial charge in [-0.1, -0.05) is 17.7 Å². The van der Waals surface area contributed by atoms with Gasteiger partial charge in [0.2, 0.25) is 5.91 Å². The van der Waals surface area contributed by atoms with Gasteiger partial charge in [0.25, 0.3) is 5.56 Å². The maximum absolute atomic E-state index is 12.9. The Morgan fingerprint density at radius 1 is 1.07 bits per heavy atom. The number of fused-ring (bicyclic) bond motifs is 1. The Balaban J connectivity index is 1.64. The van der Waals surface area contributed by atoms with Crippen molar-refractivity contribution < 1.29 is 4.79 Å². The number of anilines is 1. The molecule has 2 aromatic rings. The Hall–Kier alpha value is -3.78. The van der Waals surface area contributed by atoms with Crippen LogP contribution in [-0.2, 0) is 17.9 Å². The first-order valence-electron chi connectivity index (χ1n) is 9.05. The van der Waals surface area contributed by atoms with Crippen molar-refractivity contribution >= 4 is 23.2 Å². The summed E-state index contributed by atoms with van der Waals surface area (Å²) in [5.41, 5.74) is 0.410. The molecule has 0 saturated carbocycles. The lowest BCUT2D eigenvalue weighted by Crippen LogP contribution is -2.38. The molecule has 1 N–H and O–H groups in total. The standard InChI is InChI=1S/C21H16ClN5O3/c22-15-3-1-4-16(11-15)24-18(28)13-26-10-2-5-17-19(26)25-21(30)27(20(17)29)12-14-6-8-23-9-7-14/h1-11H,12-13H2,(H,24,28). The predicted molar refractivity (Wildman–Crippen MR) is 113 cm³/mol. The van der Waals surface area contributed by atoms with Crippen LogP contribution >= 0.6 is 11.6 Å². The van der Waals surface area contributed by atoms with Crippen LogP contribution in [0.4, 0.5) is 5.69 Å². The molecule has 150 valence electrons. The summed E-state index contributed by atoms with van der Waals surface area (Å²) < 4.78 is 2.53. The fourth-order valence-corrected chi connectivity index (χ4v) is 3.27. The van der Waals surface area contributed by atoms with Gasteiger partial charge in [0, 0.05) is 29.3 Å². The van der Waals surface area contributed by atoms with E-state index in [4.69, 9.17) is 11.6 Å². The SMILES string of the molecule is O=C(Cn1cccc2c(=O)n(Cc3ccncc3)c(=O)nc1-2)Nc1cccc(Cl)c1. The number of nitrogens with one attached hydrogen (secondary N) is 1. The molecule has 3 heterocycles. The van der Waals surface area contributed by atoms with E-state index >= 15 is 0 Å². The molecule has 0 aliphatic carbocycles. The topological polar surface area (TPSA) is 98.9 Å². The van der Waals surface area contributed by atoms with Gasteiger partial charge >= 0.3 is 5.69 Å². The minimum absolute atomic E-state index is 0.0905. The lowest BCUT2D eigenvalue weighted by molar-refractivity contribution is -0.116. The molecule has 30 heavy (non-hydrogen) atoms. The van der Waals surface area contributed by atoms with Gasteiger partial charge in [-0.3, -0.25) is 19.1 Å². The smallest absolute Gasteiger partial charge is 0.324 e. The molecule has 0 atom stereocenters. The summed E-state index contributed by atoms with van der Waals surface area (Å²) in [6.07, 6.45) is 4.77. The van der Waals surface area contributed by atoms with Crippen molar-refractivity contribution in [1.82, 2.24) is 19.1 Å². The zero-order chi connectivity index (χ0) is 21.1. The maximum Gasteiger partial charge on any atom is 0.352 e. The van der Waals surface area contributed by atoms with Crippen LogP contribution in [0.3, 0.4) is 0 Å². The van der Waals surface area contributed by atoms with Crippen molar-refractivity contribution in [2.75, 3.05) is 5.32 Å². The number of halogens is 1. The van der Waals surface area contributed by atoms with E-state index in [1.807, 2.05) is 0 Å². The number of hydrogen-bond acceptors (Lipinski definition) is 5. The Morgan fingerprint density at radius 3 is 2.63 bits per heavy atom. The maximum atomic E-state index is 12.9. The molecule has 0 fully saturated rings. The summed E-state index contributed by atoms with van der Waals surface area (Å²) in [7, 11) is 0. The first-order valence-corrected chi connectivity index (χ1v) is 9.43. The van der Waals surface area contributed by atoms with Gasteiger partial charge < -0.3 is 9.88 Å². The highest BCUT2D eigenvalue weighted by molar-refractivity contribution is 6.30. The van der Waals surface area contributed by atoms with Crippen LogP contribution in [0.1, 0.15) is 5.56 Å². The summed E-state index contributed by atoms with van der Waals surface area (Å²) in [6.45, 7) is -0.0304. The molecule has 4 rings (SSSR count). The van der Waals surface area contributed by atoms with E-state index in [0.29, 0.717) is 10.7 Å². The van der Waals surface area contributed by atoms with Crippen LogP contribution in [-0.4, -0.2) is 25.0 Å². The molecule has 2 aliphatic rings. The van der Waals surface area contributed by atoms with Crippen molar-refractivity contribution in [3.05, 3.63) is 98.5 Å². The molecule has 1 aromatic carbocycles. The Kier molecular flexibility index (Phi) is 5.40. The molecule has 8 nitrogen and oxygen atoms in total. The number of carbonyl (C=O) groups is 1. The van der Waals surface area contributed by atoms with Gasteiger partial charge in [-0.05, 0) is 48.0 Å². The zero-order valence-electron chi connectivity index (χ0n) is 15.7. The van der Waals surface area contributed by atoms with E-state index in [9.17, 15) is 14.4 Å². The highest BCUT2D eigenvalue weighted by Gasteiger charge is 2.18. The minimum atomic E-state index is -0.681. The van der Waals surface area contributed by atoms with Gasteiger partial charge in [0.1, 0.15) is 6.54 Å². The third-order valence-corrected chi connectivity index (χ3v) is 4.70. The van der Waals surface area contributed by atoms with E-state index in [1.54, 1.807) is 67.1 Å². The van der Waals surface area contributed by atoms with Gasteiger partial charge in [-0.25, -0.2) is 4.79 Å². The lowest BCUT2D eigenvalue weighted by Gasteiger charge is -2.15. The minimum Gasteiger partial charge on any atom is -0.324 e. The average Bonchev–Trinajstić information content (AvgIpc) is 2.72. The summed E-state index contributed by atoms with van der Waals surface area (Å²) in [5.74, 6) is -0.190. The van der Waals surface area contributed by atoms with Crippen LogP contribution in [0.2, 0.25) is 5.02 Å². The van der Waals surface area contributed by atoms with Crippen molar-refractivity contribution in [3.8, 4) is 11.4 Å². The molecular weight excluding hydrogens is 406 g/mol. The second-order valence-electron chi connectivity index (χ2n) is 6.57. The molecule has 2 aliphatic heterocycles. The third-order valence-electron chi connectivity index (χ3n) is 4.46. The average molecular weight is 422 g/mol. The van der Waals surface area contributed by atoms with Crippen LogP contribution < -0.4 is 16.6 Å². The fourth-order valence-electron chi connectivity index (χ4n) is 3.08. The predicted octanol–water partition coefficient (Wildman–Crippen LogP) is 2.25. The molecule has 9 heteroatoms. The number of nitrogens with zero attached hydrogens (tertiary/aromatic N) is 4. The Bertz CT molecular complexity index is 1300. The van der Waals surface area contributed by atoms with Crippen molar-refractivity contribution in [2.45, 2.75) is 13.1 Å². The first kappa shape index (κ1) is 19.5. The quantitative estimate of drug-likeness (QED) is 0.533. The molecule has 0 unspecified atom stereocenters. The molecule has 0 saturated heterocycles. The van der Waals surface area contributed by atoms with Crippen LogP contribution in [0.25, 0.3) is 11.4 Å². The van der Waals surface area contributed by atoms with Gasteiger partial charge in [0.15, 0.2) is 5.82 Å². The number of benzene rings is 1. The number of hydrogen-bond donors (Lipinski definition) is 1. The van der Waals surface area contributed by atoms with E-state index in [0.717, 1.165) is 10.1 Å². The van der Waals surface area contributed by atoms with Gasteiger partial charge in [-0.15, -0.1) is 0 Å². The molecular formula is C21H16ClN5O3. The van der Waals surface area contributed by atoms with Gasteiger partial charge in [-0.2, -0.15) is 4.98 Å². The van der Waals surface area contributed by atoms with Crippen LogP contribution in [0, 0.1) is 0 Å². The number of aromatic nitrogens is 4. The molecule has 1 amide bonds. The van der Waals surface area contributed by atoms with E-state index in [-0.39, 0.29) is 30.4 Å². The lowest BCUT2D eigenvalue weighted by atomic mass is 10.2. The summed E-state index contributed by atoms with van der Waals surface area (Å²) in [6, 6.07) is 13.4. The van der Waals surface area contributed by atoms with E-state index < -0.39 is 11.2 Å². The number of carbonyl (C=O) groups excluding carboxylic acids is 1. The van der Waals surface area contributed by atoms with Crippen molar-refractivity contribution in [1.29, 1.82) is 0 Å². The summed E-state index contributed by atoms with van der Waals surface area (Å²) in [4.78, 5) is 45.9.